The molecule has 1 aliphatic rings. The molecule has 0 saturated carbocycles. The van der Waals surface area contributed by atoms with Gasteiger partial charge in [-0.25, -0.2) is 0 Å². The van der Waals surface area contributed by atoms with Crippen LogP contribution in [0.25, 0.3) is 11.4 Å². The van der Waals surface area contributed by atoms with Crippen molar-refractivity contribution >= 4 is 5.91 Å². The summed E-state index contributed by atoms with van der Waals surface area (Å²) in [4.78, 5) is 23.6. The van der Waals surface area contributed by atoms with Gasteiger partial charge in [-0.15, -0.1) is 0 Å². The molecule has 1 fully saturated rings. The molecular formula is C19H27N5O. The number of hydrogen-bond donors (Lipinski definition) is 0. The van der Waals surface area contributed by atoms with Gasteiger partial charge in [-0.05, 0) is 31.7 Å². The minimum atomic E-state index is -0.319. The number of likely N-dealkylation sites (tertiary alicyclic amines) is 1. The Kier molecular flexibility index (Phi) is 4.88. The summed E-state index contributed by atoms with van der Waals surface area (Å²) in [5.74, 6) is 0.665. The normalized spacial score (nSPS) is 17.9. The van der Waals surface area contributed by atoms with Crippen LogP contribution in [-0.2, 0) is 17.8 Å². The number of aryl methyl sites for hydroxylation is 1. The lowest BCUT2D eigenvalue weighted by molar-refractivity contribution is -0.138. The van der Waals surface area contributed by atoms with E-state index in [0.717, 1.165) is 49.6 Å². The SMILES string of the molecule is CCn1nccc1-c1nccnc1C[C@@H]1CCN(C(=O)C(C)(C)C)C1. The van der Waals surface area contributed by atoms with E-state index in [1.165, 1.54) is 0 Å². The molecule has 6 heteroatoms. The number of carbonyl (C=O) groups is 1. The van der Waals surface area contributed by atoms with Gasteiger partial charge in [0.05, 0.1) is 11.4 Å². The van der Waals surface area contributed by atoms with Crippen molar-refractivity contribution in [2.24, 2.45) is 11.3 Å². The first-order chi connectivity index (χ1) is 11.9. The zero-order chi connectivity index (χ0) is 18.0. The van der Waals surface area contributed by atoms with Gasteiger partial charge in [-0.2, -0.15) is 5.10 Å². The average molecular weight is 341 g/mol. The minimum Gasteiger partial charge on any atom is -0.342 e. The number of nitrogens with zero attached hydrogens (tertiary/aromatic N) is 5. The third kappa shape index (κ3) is 3.72. The fourth-order valence-electron chi connectivity index (χ4n) is 3.45. The number of aromatic nitrogens is 4. The second-order valence-corrected chi connectivity index (χ2v) is 7.74. The molecular weight excluding hydrogens is 314 g/mol. The highest BCUT2D eigenvalue weighted by Crippen LogP contribution is 2.28. The lowest BCUT2D eigenvalue weighted by Crippen LogP contribution is -2.38. The number of hydrogen-bond acceptors (Lipinski definition) is 4. The van der Waals surface area contributed by atoms with E-state index < -0.39 is 0 Å². The van der Waals surface area contributed by atoms with Crippen LogP contribution in [0.2, 0.25) is 0 Å². The highest BCUT2D eigenvalue weighted by molar-refractivity contribution is 5.81. The fraction of sp³-hybridized carbons (Fsp3) is 0.579. The predicted molar refractivity (Wildman–Crippen MR) is 96.8 cm³/mol. The van der Waals surface area contributed by atoms with Crippen molar-refractivity contribution < 1.29 is 4.79 Å². The van der Waals surface area contributed by atoms with Crippen LogP contribution in [0.5, 0.6) is 0 Å². The Morgan fingerprint density at radius 3 is 2.72 bits per heavy atom. The van der Waals surface area contributed by atoms with Crippen LogP contribution >= 0.6 is 0 Å². The zero-order valence-electron chi connectivity index (χ0n) is 15.6. The van der Waals surface area contributed by atoms with Crippen molar-refractivity contribution in [2.45, 2.75) is 47.1 Å². The molecule has 0 bridgehead atoms. The summed E-state index contributed by atoms with van der Waals surface area (Å²) in [5, 5.41) is 4.34. The van der Waals surface area contributed by atoms with Gasteiger partial charge >= 0.3 is 0 Å². The van der Waals surface area contributed by atoms with E-state index in [1.807, 2.05) is 36.4 Å². The minimum absolute atomic E-state index is 0.235. The first-order valence-electron chi connectivity index (χ1n) is 9.01. The Balaban J connectivity index is 1.76. The number of carbonyl (C=O) groups excluding carboxylic acids is 1. The van der Waals surface area contributed by atoms with Crippen LogP contribution in [0.15, 0.2) is 24.7 Å². The maximum Gasteiger partial charge on any atom is 0.227 e. The molecule has 0 spiro atoms. The quantitative estimate of drug-likeness (QED) is 0.858. The van der Waals surface area contributed by atoms with Gasteiger partial charge in [0.1, 0.15) is 5.69 Å². The van der Waals surface area contributed by atoms with Crippen molar-refractivity contribution in [1.29, 1.82) is 0 Å². The molecule has 0 N–H and O–H groups in total. The summed E-state index contributed by atoms with van der Waals surface area (Å²) in [5.41, 5.74) is 2.58. The zero-order valence-corrected chi connectivity index (χ0v) is 15.6. The van der Waals surface area contributed by atoms with Crippen LogP contribution in [-0.4, -0.2) is 43.6 Å². The molecule has 134 valence electrons. The molecule has 0 radical (unpaired) electrons. The van der Waals surface area contributed by atoms with Gasteiger partial charge in [-0.3, -0.25) is 19.4 Å². The second-order valence-electron chi connectivity index (χ2n) is 7.74. The molecule has 3 rings (SSSR count). The fourth-order valence-corrected chi connectivity index (χ4v) is 3.45. The molecule has 1 saturated heterocycles. The van der Waals surface area contributed by atoms with E-state index in [9.17, 15) is 4.79 Å². The second kappa shape index (κ2) is 6.94. The topological polar surface area (TPSA) is 63.9 Å². The van der Waals surface area contributed by atoms with Crippen molar-refractivity contribution in [3.05, 3.63) is 30.4 Å². The van der Waals surface area contributed by atoms with Gasteiger partial charge in [0.25, 0.3) is 0 Å². The Hall–Kier alpha value is -2.24. The van der Waals surface area contributed by atoms with Crippen LogP contribution in [0.1, 0.15) is 39.8 Å². The molecule has 0 aliphatic carbocycles. The van der Waals surface area contributed by atoms with Gasteiger partial charge in [0.2, 0.25) is 5.91 Å². The molecule has 2 aromatic rings. The Morgan fingerprint density at radius 1 is 1.24 bits per heavy atom. The van der Waals surface area contributed by atoms with E-state index in [-0.39, 0.29) is 11.3 Å². The summed E-state index contributed by atoms with van der Waals surface area (Å²) in [6.07, 6.45) is 7.14. The van der Waals surface area contributed by atoms with Crippen molar-refractivity contribution in [3.8, 4) is 11.4 Å². The van der Waals surface area contributed by atoms with E-state index in [0.29, 0.717) is 5.92 Å². The smallest absolute Gasteiger partial charge is 0.227 e. The molecule has 1 aliphatic heterocycles. The van der Waals surface area contributed by atoms with Crippen molar-refractivity contribution in [2.75, 3.05) is 13.1 Å². The summed E-state index contributed by atoms with van der Waals surface area (Å²) in [7, 11) is 0. The molecule has 0 unspecified atom stereocenters. The van der Waals surface area contributed by atoms with Crippen LogP contribution in [0, 0.1) is 11.3 Å². The lowest BCUT2D eigenvalue weighted by Gasteiger charge is -2.25. The summed E-state index contributed by atoms with van der Waals surface area (Å²) < 4.78 is 1.94. The lowest BCUT2D eigenvalue weighted by atomic mass is 9.95. The van der Waals surface area contributed by atoms with E-state index >= 15 is 0 Å². The van der Waals surface area contributed by atoms with E-state index in [4.69, 9.17) is 0 Å². The molecule has 6 nitrogen and oxygen atoms in total. The van der Waals surface area contributed by atoms with Gasteiger partial charge in [0.15, 0.2) is 0 Å². The van der Waals surface area contributed by atoms with Crippen LogP contribution in [0.3, 0.4) is 0 Å². The van der Waals surface area contributed by atoms with Gasteiger partial charge in [0, 0.05) is 43.6 Å². The maximum absolute atomic E-state index is 12.5. The Bertz CT molecular complexity index is 746. The van der Waals surface area contributed by atoms with E-state index in [1.54, 1.807) is 18.6 Å². The first-order valence-corrected chi connectivity index (χ1v) is 9.01. The van der Waals surface area contributed by atoms with Crippen LogP contribution < -0.4 is 0 Å². The standard InChI is InChI=1S/C19H27N5O/c1-5-24-16(6-8-22-24)17-15(20-9-10-21-17)12-14-7-11-23(13-14)18(25)19(2,3)4/h6,8-10,14H,5,7,11-13H2,1-4H3/t14-/m0/s1. The monoisotopic (exact) mass is 341 g/mol. The van der Waals surface area contributed by atoms with Crippen molar-refractivity contribution in [3.63, 3.8) is 0 Å². The average Bonchev–Trinajstić information content (AvgIpc) is 3.22. The molecule has 1 atom stereocenters. The Labute approximate surface area is 149 Å². The Morgan fingerprint density at radius 2 is 2.00 bits per heavy atom. The molecule has 2 aromatic heterocycles. The molecule has 0 aromatic carbocycles. The summed E-state index contributed by atoms with van der Waals surface area (Å²) >= 11 is 0. The van der Waals surface area contributed by atoms with Crippen molar-refractivity contribution in [1.82, 2.24) is 24.6 Å². The molecule has 25 heavy (non-hydrogen) atoms. The summed E-state index contributed by atoms with van der Waals surface area (Å²) in [6, 6.07) is 1.99. The largest absolute Gasteiger partial charge is 0.342 e. The third-order valence-electron chi connectivity index (χ3n) is 4.73. The highest BCUT2D eigenvalue weighted by Gasteiger charge is 2.33. The third-order valence-corrected chi connectivity index (χ3v) is 4.73. The van der Waals surface area contributed by atoms with Gasteiger partial charge in [-0.1, -0.05) is 20.8 Å². The van der Waals surface area contributed by atoms with Gasteiger partial charge < -0.3 is 4.90 Å². The van der Waals surface area contributed by atoms with Crippen LogP contribution in [0.4, 0.5) is 0 Å². The number of amides is 1. The molecule has 3 heterocycles. The van der Waals surface area contributed by atoms with E-state index in [2.05, 4.69) is 22.0 Å². The first kappa shape index (κ1) is 17.6. The maximum atomic E-state index is 12.5. The predicted octanol–water partition coefficient (Wildman–Crippen LogP) is 2.80. The molecule has 1 amide bonds. The summed E-state index contributed by atoms with van der Waals surface area (Å²) in [6.45, 7) is 10.5. The number of rotatable bonds is 4. The highest BCUT2D eigenvalue weighted by atomic mass is 16.2.